The van der Waals surface area contributed by atoms with Gasteiger partial charge in [0.15, 0.2) is 0 Å². The number of hydrogen-bond acceptors (Lipinski definition) is 8. The molecule has 4 unspecified atom stereocenters. The van der Waals surface area contributed by atoms with E-state index in [0.29, 0.717) is 12.1 Å². The fourth-order valence-corrected chi connectivity index (χ4v) is 9.10. The van der Waals surface area contributed by atoms with E-state index in [1.807, 2.05) is 51.3 Å². The summed E-state index contributed by atoms with van der Waals surface area (Å²) in [6.45, 7) is 27.4. The van der Waals surface area contributed by atoms with Crippen molar-refractivity contribution in [1.29, 1.82) is 0 Å². The Balaban J connectivity index is 0.000000178. The maximum atomic E-state index is 12.2. The van der Waals surface area contributed by atoms with E-state index in [-0.39, 0.29) is 23.8 Å². The van der Waals surface area contributed by atoms with Crippen LogP contribution >= 0.6 is 0 Å². The molecule has 4 atom stereocenters. The second-order valence-electron chi connectivity index (χ2n) is 18.7. The van der Waals surface area contributed by atoms with Gasteiger partial charge in [-0.1, -0.05) is 19.3 Å². The average Bonchev–Trinajstić information content (AvgIpc) is 3.12. The molecule has 10 heteroatoms. The second kappa shape index (κ2) is 20.9. The summed E-state index contributed by atoms with van der Waals surface area (Å²) in [7, 11) is 0. The fraction of sp³-hybridized carbons (Fsp3) is 0.952. The van der Waals surface area contributed by atoms with Crippen LogP contribution in [0, 0.1) is 0 Å². The molecule has 0 aliphatic carbocycles. The Morgan fingerprint density at radius 3 is 1.38 bits per heavy atom. The lowest BCUT2D eigenvalue weighted by Crippen LogP contribution is -2.52. The van der Waals surface area contributed by atoms with Crippen LogP contribution in [0.4, 0.5) is 9.59 Å². The van der Waals surface area contributed by atoms with Crippen LogP contribution in [-0.2, 0) is 9.47 Å². The summed E-state index contributed by atoms with van der Waals surface area (Å²) in [5.74, 6) is 0. The van der Waals surface area contributed by atoms with Crippen molar-refractivity contribution in [3.63, 3.8) is 0 Å². The molecule has 6 heterocycles. The van der Waals surface area contributed by atoms with Crippen LogP contribution in [0.15, 0.2) is 0 Å². The van der Waals surface area contributed by atoms with E-state index < -0.39 is 5.60 Å². The van der Waals surface area contributed by atoms with Gasteiger partial charge in [0.25, 0.3) is 0 Å². The Morgan fingerprint density at radius 2 is 0.942 bits per heavy atom. The highest BCUT2D eigenvalue weighted by molar-refractivity contribution is 5.69. The molecule has 0 aromatic rings. The second-order valence-corrected chi connectivity index (χ2v) is 18.7. The predicted molar refractivity (Wildman–Crippen MR) is 213 cm³/mol. The van der Waals surface area contributed by atoms with E-state index in [4.69, 9.17) is 9.47 Å². The molecule has 6 aliphatic heterocycles. The Hall–Kier alpha value is -1.62. The quantitative estimate of drug-likeness (QED) is 0.316. The lowest BCUT2D eigenvalue weighted by molar-refractivity contribution is -0.000179. The maximum Gasteiger partial charge on any atom is 0.410 e. The summed E-state index contributed by atoms with van der Waals surface area (Å²) < 4.78 is 10.9. The first kappa shape index (κ1) is 43.1. The summed E-state index contributed by atoms with van der Waals surface area (Å²) in [6.07, 6.45) is 19.2. The molecule has 0 bridgehead atoms. The van der Waals surface area contributed by atoms with E-state index >= 15 is 0 Å². The highest BCUT2D eigenvalue weighted by Crippen LogP contribution is 2.27. The summed E-state index contributed by atoms with van der Waals surface area (Å²) in [4.78, 5) is 35.9. The Bertz CT molecular complexity index is 1040. The van der Waals surface area contributed by atoms with Crippen LogP contribution in [-0.4, -0.2) is 144 Å². The molecule has 6 fully saturated rings. The molecule has 0 aromatic heterocycles. The topological polar surface area (TPSA) is 80.8 Å². The minimum Gasteiger partial charge on any atom is -0.444 e. The lowest BCUT2D eigenvalue weighted by Gasteiger charge is -2.43. The van der Waals surface area contributed by atoms with Gasteiger partial charge in [0.05, 0.1) is 0 Å². The van der Waals surface area contributed by atoms with Crippen molar-refractivity contribution in [2.45, 2.75) is 193 Å². The molecule has 6 aliphatic rings. The van der Waals surface area contributed by atoms with Gasteiger partial charge in [-0.2, -0.15) is 0 Å². The number of likely N-dealkylation sites (tertiary alicyclic amines) is 5. The van der Waals surface area contributed by atoms with E-state index in [1.165, 1.54) is 116 Å². The lowest BCUT2D eigenvalue weighted by atomic mass is 9.95. The Kier molecular flexibility index (Phi) is 17.3. The van der Waals surface area contributed by atoms with Crippen LogP contribution in [0.1, 0.15) is 152 Å². The average molecular weight is 733 g/mol. The van der Waals surface area contributed by atoms with Crippen LogP contribution in [0.2, 0.25) is 0 Å². The van der Waals surface area contributed by atoms with Crippen LogP contribution in [0.5, 0.6) is 0 Å². The number of ether oxygens (including phenoxy) is 2. The molecule has 6 saturated heterocycles. The third-order valence-electron chi connectivity index (χ3n) is 11.9. The molecule has 0 aromatic carbocycles. The van der Waals surface area contributed by atoms with E-state index in [0.717, 1.165) is 57.4 Å². The summed E-state index contributed by atoms with van der Waals surface area (Å²) >= 11 is 0. The van der Waals surface area contributed by atoms with Crippen molar-refractivity contribution in [3.8, 4) is 0 Å². The maximum absolute atomic E-state index is 12.2. The smallest absolute Gasteiger partial charge is 0.410 e. The molecule has 10 nitrogen and oxygen atoms in total. The minimum atomic E-state index is -0.402. The zero-order valence-electron chi connectivity index (χ0n) is 34.9. The van der Waals surface area contributed by atoms with Crippen molar-refractivity contribution in [1.82, 2.24) is 29.8 Å². The van der Waals surface area contributed by atoms with Gasteiger partial charge >= 0.3 is 12.2 Å². The predicted octanol–water partition coefficient (Wildman–Crippen LogP) is 7.74. The van der Waals surface area contributed by atoms with Gasteiger partial charge in [-0.25, -0.2) is 9.59 Å². The molecule has 6 rings (SSSR count). The molecule has 0 saturated carbocycles. The SMILES string of the molecule is CC(C)(C)OC(=O)N1CCC(N2CCCCC2)CC1.CC1CC(N2CCCCC2)CCN1.CC1CC(N2CCCCC2)CCN1C(=O)OC(C)(C)C. The zero-order valence-corrected chi connectivity index (χ0v) is 34.9. The van der Waals surface area contributed by atoms with Gasteiger partial charge in [0, 0.05) is 49.8 Å². The van der Waals surface area contributed by atoms with Crippen molar-refractivity contribution >= 4 is 12.2 Å². The number of nitrogens with zero attached hydrogens (tertiary/aromatic N) is 5. The molecule has 302 valence electrons. The number of carbonyl (C=O) groups is 2. The molecular formula is C42H80N6O4. The van der Waals surface area contributed by atoms with Crippen molar-refractivity contribution < 1.29 is 19.1 Å². The summed E-state index contributed by atoms with van der Waals surface area (Å²) in [5, 5.41) is 3.52. The van der Waals surface area contributed by atoms with Crippen molar-refractivity contribution in [2.24, 2.45) is 0 Å². The highest BCUT2D eigenvalue weighted by Gasteiger charge is 2.34. The zero-order chi connectivity index (χ0) is 37.7. The Labute approximate surface area is 319 Å². The van der Waals surface area contributed by atoms with Crippen LogP contribution < -0.4 is 5.32 Å². The van der Waals surface area contributed by atoms with Crippen molar-refractivity contribution in [3.05, 3.63) is 0 Å². The van der Waals surface area contributed by atoms with Crippen LogP contribution in [0.25, 0.3) is 0 Å². The fourth-order valence-electron chi connectivity index (χ4n) is 9.10. The van der Waals surface area contributed by atoms with E-state index in [9.17, 15) is 9.59 Å². The molecule has 1 N–H and O–H groups in total. The summed E-state index contributed by atoms with van der Waals surface area (Å²) in [5.41, 5.74) is -0.790. The molecular weight excluding hydrogens is 653 g/mol. The number of rotatable bonds is 3. The van der Waals surface area contributed by atoms with Gasteiger partial charge in [0.2, 0.25) is 0 Å². The summed E-state index contributed by atoms with van der Waals surface area (Å²) in [6, 6.07) is 3.24. The molecule has 2 amide bonds. The van der Waals surface area contributed by atoms with Gasteiger partial charge in [-0.15, -0.1) is 0 Å². The largest absolute Gasteiger partial charge is 0.444 e. The third-order valence-corrected chi connectivity index (χ3v) is 11.9. The van der Waals surface area contributed by atoms with E-state index in [1.54, 1.807) is 0 Å². The number of piperidine rings is 6. The number of hydrogen-bond donors (Lipinski definition) is 1. The molecule has 0 radical (unpaired) electrons. The van der Waals surface area contributed by atoms with Gasteiger partial charge < -0.3 is 39.3 Å². The van der Waals surface area contributed by atoms with Gasteiger partial charge in [0.1, 0.15) is 11.2 Å². The molecule has 52 heavy (non-hydrogen) atoms. The van der Waals surface area contributed by atoms with Gasteiger partial charge in [-0.05, 0) is 178 Å². The van der Waals surface area contributed by atoms with Gasteiger partial charge in [-0.3, -0.25) is 0 Å². The van der Waals surface area contributed by atoms with Crippen molar-refractivity contribution in [2.75, 3.05) is 65.4 Å². The first-order valence-electron chi connectivity index (χ1n) is 21.6. The Morgan fingerprint density at radius 1 is 0.519 bits per heavy atom. The number of amides is 2. The third kappa shape index (κ3) is 14.9. The first-order valence-corrected chi connectivity index (χ1v) is 21.6. The molecule has 0 spiro atoms. The van der Waals surface area contributed by atoms with Crippen LogP contribution in [0.3, 0.4) is 0 Å². The van der Waals surface area contributed by atoms with E-state index in [2.05, 4.69) is 33.9 Å². The first-order chi connectivity index (χ1) is 24.7. The minimum absolute atomic E-state index is 0.149. The normalized spacial score (nSPS) is 29.2. The highest BCUT2D eigenvalue weighted by atomic mass is 16.6. The number of carbonyl (C=O) groups excluding carboxylic acids is 2. The monoisotopic (exact) mass is 733 g/mol. The number of nitrogens with one attached hydrogen (secondary N) is 1. The standard InChI is InChI=1S/C16H30N2O2.C15H28N2O2.C11H22N2/c1-13-12-14(17-9-6-5-7-10-17)8-11-18(13)15(19)20-16(2,3)4;1-15(2,3)19-14(18)17-11-7-13(8-12-17)16-9-5-4-6-10-16;1-10-9-11(5-6-12-10)13-7-3-2-4-8-13/h13-14H,5-12H2,1-4H3;13H,4-12H2,1-3H3;10-12H,2-9H2,1H3.